The van der Waals surface area contributed by atoms with Gasteiger partial charge in [0.25, 0.3) is 0 Å². The molecule has 178 valence electrons. The second-order valence-corrected chi connectivity index (χ2v) is 9.14. The number of hydrogen-bond acceptors (Lipinski definition) is 5. The zero-order chi connectivity index (χ0) is 23.5. The molecule has 1 fully saturated rings. The lowest BCUT2D eigenvalue weighted by atomic mass is 9.97. The van der Waals surface area contributed by atoms with Crippen LogP contribution in [0.3, 0.4) is 0 Å². The SMILES string of the molecule is CC(=O)N1CCN(CCCCOC(C)(c2cc3ccccn3n2)c2cc3ccccn3n2)CC1. The molecule has 8 nitrogen and oxygen atoms in total. The molecule has 8 heteroatoms. The lowest BCUT2D eigenvalue weighted by Gasteiger charge is -2.34. The second-order valence-electron chi connectivity index (χ2n) is 9.14. The van der Waals surface area contributed by atoms with Crippen LogP contribution in [0.25, 0.3) is 11.0 Å². The monoisotopic (exact) mass is 460 g/mol. The number of piperazine rings is 1. The van der Waals surface area contributed by atoms with Crippen LogP contribution in [0.15, 0.2) is 60.9 Å². The third kappa shape index (κ3) is 4.56. The van der Waals surface area contributed by atoms with Gasteiger partial charge in [-0.05, 0) is 62.7 Å². The fourth-order valence-corrected chi connectivity index (χ4v) is 4.62. The molecule has 0 atom stereocenters. The number of hydrogen-bond donors (Lipinski definition) is 0. The molecule has 4 aromatic heterocycles. The van der Waals surface area contributed by atoms with Gasteiger partial charge in [0.1, 0.15) is 11.4 Å². The van der Waals surface area contributed by atoms with Crippen molar-refractivity contribution in [1.82, 2.24) is 29.0 Å². The second kappa shape index (κ2) is 9.56. The van der Waals surface area contributed by atoms with Gasteiger partial charge in [0.15, 0.2) is 5.60 Å². The number of carbonyl (C=O) groups is 1. The molecule has 5 rings (SSSR count). The topological polar surface area (TPSA) is 67.4 Å². The van der Waals surface area contributed by atoms with Crippen LogP contribution in [0, 0.1) is 0 Å². The van der Waals surface area contributed by atoms with Gasteiger partial charge in [0, 0.05) is 52.1 Å². The third-order valence-electron chi connectivity index (χ3n) is 6.79. The Labute approximate surface area is 199 Å². The van der Waals surface area contributed by atoms with E-state index < -0.39 is 5.60 Å². The normalized spacial score (nSPS) is 15.4. The highest BCUT2D eigenvalue weighted by Gasteiger charge is 2.35. The Morgan fingerprint density at radius 3 is 2.03 bits per heavy atom. The fraction of sp³-hybridized carbons (Fsp3) is 0.423. The van der Waals surface area contributed by atoms with Crippen molar-refractivity contribution >= 4 is 16.9 Å². The molecule has 0 N–H and O–H groups in total. The molecule has 1 aliphatic heterocycles. The molecule has 34 heavy (non-hydrogen) atoms. The molecule has 1 aliphatic rings. The number of rotatable bonds is 8. The van der Waals surface area contributed by atoms with Crippen LogP contribution in [-0.2, 0) is 15.1 Å². The van der Waals surface area contributed by atoms with Crippen LogP contribution in [0.5, 0.6) is 0 Å². The molecule has 0 saturated carbocycles. The Balaban J connectivity index is 1.27. The van der Waals surface area contributed by atoms with Crippen molar-refractivity contribution in [3.05, 3.63) is 72.3 Å². The summed E-state index contributed by atoms with van der Waals surface area (Å²) in [4.78, 5) is 15.9. The minimum atomic E-state index is -0.759. The van der Waals surface area contributed by atoms with Crippen LogP contribution in [0.1, 0.15) is 38.1 Å². The van der Waals surface area contributed by atoms with Gasteiger partial charge < -0.3 is 9.64 Å². The van der Waals surface area contributed by atoms with Crippen molar-refractivity contribution in [2.24, 2.45) is 0 Å². The Morgan fingerprint density at radius 1 is 0.912 bits per heavy atom. The van der Waals surface area contributed by atoms with E-state index in [9.17, 15) is 4.79 Å². The maximum absolute atomic E-state index is 11.5. The number of aromatic nitrogens is 4. The summed E-state index contributed by atoms with van der Waals surface area (Å²) in [5.74, 6) is 0.172. The first-order valence-corrected chi connectivity index (χ1v) is 12.0. The number of pyridine rings is 2. The summed E-state index contributed by atoms with van der Waals surface area (Å²) >= 11 is 0. The van der Waals surface area contributed by atoms with E-state index in [1.165, 1.54) is 0 Å². The molecule has 4 aromatic rings. The highest BCUT2D eigenvalue weighted by Crippen LogP contribution is 2.33. The number of nitrogens with zero attached hydrogens (tertiary/aromatic N) is 6. The zero-order valence-corrected chi connectivity index (χ0v) is 19.9. The number of carbonyl (C=O) groups excluding carboxylic acids is 1. The van der Waals surface area contributed by atoms with Gasteiger partial charge in [0.05, 0.1) is 11.0 Å². The predicted molar refractivity (Wildman–Crippen MR) is 131 cm³/mol. The molecule has 0 bridgehead atoms. The number of fused-ring (bicyclic) bond motifs is 2. The third-order valence-corrected chi connectivity index (χ3v) is 6.79. The molecule has 1 amide bonds. The Hall–Kier alpha value is -3.23. The minimum absolute atomic E-state index is 0.172. The predicted octanol–water partition coefficient (Wildman–Crippen LogP) is 3.21. The highest BCUT2D eigenvalue weighted by molar-refractivity contribution is 5.73. The maximum atomic E-state index is 11.5. The minimum Gasteiger partial charge on any atom is -0.362 e. The number of ether oxygens (including phenoxy) is 1. The molecule has 0 unspecified atom stereocenters. The van der Waals surface area contributed by atoms with Gasteiger partial charge in [0.2, 0.25) is 5.91 Å². The first-order valence-electron chi connectivity index (χ1n) is 12.0. The van der Waals surface area contributed by atoms with Crippen LogP contribution in [0.4, 0.5) is 0 Å². The van der Waals surface area contributed by atoms with Gasteiger partial charge in [-0.25, -0.2) is 9.03 Å². The quantitative estimate of drug-likeness (QED) is 0.378. The molecular weight excluding hydrogens is 428 g/mol. The smallest absolute Gasteiger partial charge is 0.219 e. The van der Waals surface area contributed by atoms with Crippen molar-refractivity contribution < 1.29 is 9.53 Å². The Kier molecular flexibility index (Phi) is 6.34. The molecule has 0 spiro atoms. The van der Waals surface area contributed by atoms with Gasteiger partial charge in [-0.2, -0.15) is 10.2 Å². The average Bonchev–Trinajstić information content (AvgIpc) is 3.49. The summed E-state index contributed by atoms with van der Waals surface area (Å²) in [6.07, 6.45) is 5.90. The lowest BCUT2D eigenvalue weighted by Crippen LogP contribution is -2.48. The van der Waals surface area contributed by atoms with Crippen molar-refractivity contribution in [2.75, 3.05) is 39.3 Å². The molecule has 1 saturated heterocycles. The molecule has 0 radical (unpaired) electrons. The summed E-state index contributed by atoms with van der Waals surface area (Å²) in [5.41, 5.74) is 3.00. The number of unbranched alkanes of at least 4 members (excludes halogenated alkanes) is 1. The summed E-state index contributed by atoms with van der Waals surface area (Å²) in [7, 11) is 0. The van der Waals surface area contributed by atoms with E-state index in [1.54, 1.807) is 6.92 Å². The van der Waals surface area contributed by atoms with Crippen molar-refractivity contribution in [3.8, 4) is 0 Å². The molecule has 0 aromatic carbocycles. The largest absolute Gasteiger partial charge is 0.362 e. The van der Waals surface area contributed by atoms with Gasteiger partial charge in [-0.15, -0.1) is 0 Å². The van der Waals surface area contributed by atoms with E-state index in [1.807, 2.05) is 62.7 Å². The summed E-state index contributed by atoms with van der Waals surface area (Å²) in [5, 5.41) is 9.65. The van der Waals surface area contributed by atoms with E-state index in [4.69, 9.17) is 14.9 Å². The first kappa shape index (κ1) is 22.6. The van der Waals surface area contributed by atoms with Crippen molar-refractivity contribution in [2.45, 2.75) is 32.3 Å². The highest BCUT2D eigenvalue weighted by atomic mass is 16.5. The first-order chi connectivity index (χ1) is 16.5. The number of amides is 1. The molecule has 5 heterocycles. The Morgan fingerprint density at radius 2 is 1.50 bits per heavy atom. The molecule has 0 aliphatic carbocycles. The van der Waals surface area contributed by atoms with Crippen LogP contribution in [-0.4, -0.2) is 74.3 Å². The van der Waals surface area contributed by atoms with E-state index >= 15 is 0 Å². The van der Waals surface area contributed by atoms with E-state index in [0.29, 0.717) is 6.61 Å². The summed E-state index contributed by atoms with van der Waals surface area (Å²) < 4.78 is 10.3. The van der Waals surface area contributed by atoms with Gasteiger partial charge in [-0.3, -0.25) is 9.69 Å². The molecular formula is C26H32N6O2. The average molecular weight is 461 g/mol. The summed E-state index contributed by atoms with van der Waals surface area (Å²) in [6, 6.07) is 16.2. The van der Waals surface area contributed by atoms with Crippen LogP contribution in [0.2, 0.25) is 0 Å². The van der Waals surface area contributed by atoms with Gasteiger partial charge in [-0.1, -0.05) is 12.1 Å². The summed E-state index contributed by atoms with van der Waals surface area (Å²) in [6.45, 7) is 8.90. The van der Waals surface area contributed by atoms with Crippen LogP contribution >= 0.6 is 0 Å². The maximum Gasteiger partial charge on any atom is 0.219 e. The fourth-order valence-electron chi connectivity index (χ4n) is 4.62. The standard InChI is InChI=1S/C26H32N6O2/c1-21(33)30-16-14-29(15-17-30)11-7-8-18-34-26(2,24-19-22-9-3-5-12-31(22)27-24)25-20-23-10-4-6-13-32(23)28-25/h3-6,9-10,12-13,19-20H,7-8,11,14-18H2,1-2H3. The van der Waals surface area contributed by atoms with Crippen molar-refractivity contribution in [3.63, 3.8) is 0 Å². The lowest BCUT2D eigenvalue weighted by molar-refractivity contribution is -0.130. The van der Waals surface area contributed by atoms with E-state index in [-0.39, 0.29) is 5.91 Å². The zero-order valence-electron chi connectivity index (χ0n) is 19.9. The van der Waals surface area contributed by atoms with Gasteiger partial charge >= 0.3 is 0 Å². The Bertz CT molecular complexity index is 1130. The van der Waals surface area contributed by atoms with Crippen LogP contribution < -0.4 is 0 Å². The van der Waals surface area contributed by atoms with Crippen molar-refractivity contribution in [1.29, 1.82) is 0 Å². The van der Waals surface area contributed by atoms with E-state index in [2.05, 4.69) is 24.0 Å². The van der Waals surface area contributed by atoms with E-state index in [0.717, 1.165) is 68.0 Å².